The van der Waals surface area contributed by atoms with Crippen LogP contribution in [0.1, 0.15) is 25.5 Å². The van der Waals surface area contributed by atoms with Crippen LogP contribution in [0.4, 0.5) is 10.7 Å². The Kier molecular flexibility index (Phi) is 3.80. The van der Waals surface area contributed by atoms with E-state index in [2.05, 4.69) is 21.1 Å². The summed E-state index contributed by atoms with van der Waals surface area (Å²) in [6, 6.07) is 0.682. The summed E-state index contributed by atoms with van der Waals surface area (Å²) >= 11 is 0. The Morgan fingerprint density at radius 3 is 2.91 bits per heavy atom. The zero-order chi connectivity index (χ0) is 16.6. The predicted octanol–water partition coefficient (Wildman–Crippen LogP) is -0.0160. The molecule has 0 bridgehead atoms. The van der Waals surface area contributed by atoms with Gasteiger partial charge in [0.05, 0.1) is 11.7 Å². The van der Waals surface area contributed by atoms with E-state index >= 15 is 0 Å². The molecule has 2 fully saturated rings. The fourth-order valence-corrected chi connectivity index (χ4v) is 3.05. The molecule has 2 aliphatic rings. The number of anilines is 1. The molecule has 0 radical (unpaired) electrons. The number of hydrogen-bond acceptors (Lipinski definition) is 6. The van der Waals surface area contributed by atoms with Crippen molar-refractivity contribution in [3.8, 4) is 0 Å². The minimum absolute atomic E-state index is 0.247. The molecule has 9 nitrogen and oxygen atoms in total. The highest BCUT2D eigenvalue weighted by Gasteiger charge is 2.49. The lowest BCUT2D eigenvalue weighted by Gasteiger charge is -2.40. The van der Waals surface area contributed by atoms with Crippen LogP contribution in [0.25, 0.3) is 0 Å². The molecule has 2 aliphatic heterocycles. The fourth-order valence-electron chi connectivity index (χ4n) is 3.05. The van der Waals surface area contributed by atoms with E-state index in [1.165, 1.54) is 0 Å². The van der Waals surface area contributed by atoms with Crippen molar-refractivity contribution in [3.63, 3.8) is 0 Å². The highest BCUT2D eigenvalue weighted by atomic mass is 16.5. The quantitative estimate of drug-likeness (QED) is 0.674. The van der Waals surface area contributed by atoms with Gasteiger partial charge in [-0.3, -0.25) is 25.1 Å². The fraction of sp³-hybridized carbons (Fsp3) is 0.571. The van der Waals surface area contributed by atoms with Crippen molar-refractivity contribution >= 4 is 23.7 Å². The van der Waals surface area contributed by atoms with Crippen LogP contribution in [-0.2, 0) is 9.59 Å². The van der Waals surface area contributed by atoms with Crippen molar-refractivity contribution in [2.45, 2.75) is 38.3 Å². The number of hydrogen-bond donors (Lipinski definition) is 3. The zero-order valence-electron chi connectivity index (χ0n) is 13.0. The van der Waals surface area contributed by atoms with Crippen molar-refractivity contribution in [1.82, 2.24) is 20.7 Å². The Morgan fingerprint density at radius 2 is 2.30 bits per heavy atom. The molecule has 0 saturated carbocycles. The summed E-state index contributed by atoms with van der Waals surface area (Å²) in [6.07, 6.45) is 1.28. The van der Waals surface area contributed by atoms with Gasteiger partial charge < -0.3 is 9.84 Å². The zero-order valence-corrected chi connectivity index (χ0v) is 13.0. The van der Waals surface area contributed by atoms with Gasteiger partial charge in [-0.05, 0) is 33.2 Å². The topological polar surface area (TPSA) is 117 Å². The Labute approximate surface area is 132 Å². The van der Waals surface area contributed by atoms with Crippen molar-refractivity contribution < 1.29 is 18.9 Å². The Hall–Kier alpha value is -2.42. The molecule has 23 heavy (non-hydrogen) atoms. The van der Waals surface area contributed by atoms with Gasteiger partial charge in [-0.25, -0.2) is 4.79 Å². The van der Waals surface area contributed by atoms with E-state index in [4.69, 9.17) is 4.52 Å². The van der Waals surface area contributed by atoms with E-state index in [1.54, 1.807) is 19.9 Å². The summed E-state index contributed by atoms with van der Waals surface area (Å²) < 4.78 is 4.98. The van der Waals surface area contributed by atoms with Crippen molar-refractivity contribution in [1.29, 1.82) is 0 Å². The first-order valence-corrected chi connectivity index (χ1v) is 7.51. The predicted molar refractivity (Wildman–Crippen MR) is 79.5 cm³/mol. The molecular formula is C14H19N5O4. The van der Waals surface area contributed by atoms with Crippen LogP contribution >= 0.6 is 0 Å². The Balaban J connectivity index is 1.67. The number of likely N-dealkylation sites (tertiary alicyclic amines) is 1. The number of piperidine rings is 1. The van der Waals surface area contributed by atoms with Crippen LogP contribution in [0.15, 0.2) is 10.6 Å². The number of nitrogens with one attached hydrogen (secondary N) is 3. The standard InChI is InChI=1S/C14H19N5O4/c1-8-6-10(23-18-8)15-11(20)9(2)19-5-3-4-14(7-19)12(21)16-13(22)17-14/h6,9H,3-5,7H2,1-2H3,(H,15,20)(H2,16,17,21,22). The van der Waals surface area contributed by atoms with Crippen LogP contribution in [0.3, 0.4) is 0 Å². The van der Waals surface area contributed by atoms with Gasteiger partial charge in [0.25, 0.3) is 5.91 Å². The number of carbonyl (C=O) groups excluding carboxylic acids is 3. The van der Waals surface area contributed by atoms with Gasteiger partial charge in [0.1, 0.15) is 5.54 Å². The third-order valence-corrected chi connectivity index (χ3v) is 4.34. The van der Waals surface area contributed by atoms with Crippen molar-refractivity contribution in [2.75, 3.05) is 18.4 Å². The normalized spacial score (nSPS) is 26.0. The first-order chi connectivity index (χ1) is 10.9. The number of aromatic nitrogens is 1. The van der Waals surface area contributed by atoms with E-state index < -0.39 is 17.6 Å². The van der Waals surface area contributed by atoms with Gasteiger partial charge in [0.2, 0.25) is 11.8 Å². The van der Waals surface area contributed by atoms with Crippen LogP contribution < -0.4 is 16.0 Å². The SMILES string of the molecule is Cc1cc(NC(=O)C(C)N2CCCC3(C2)NC(=O)NC3=O)on1. The van der Waals surface area contributed by atoms with Crippen molar-refractivity contribution in [2.24, 2.45) is 0 Å². The average molecular weight is 321 g/mol. The maximum Gasteiger partial charge on any atom is 0.322 e. The van der Waals surface area contributed by atoms with Gasteiger partial charge in [0.15, 0.2) is 0 Å². The largest absolute Gasteiger partial charge is 0.338 e. The summed E-state index contributed by atoms with van der Waals surface area (Å²) in [7, 11) is 0. The first-order valence-electron chi connectivity index (χ1n) is 7.51. The molecule has 0 aromatic carbocycles. The molecule has 124 valence electrons. The summed E-state index contributed by atoms with van der Waals surface area (Å²) in [4.78, 5) is 37.7. The lowest BCUT2D eigenvalue weighted by Crippen LogP contribution is -2.61. The summed E-state index contributed by atoms with van der Waals surface area (Å²) in [5.74, 6) is -0.286. The summed E-state index contributed by atoms with van der Waals surface area (Å²) in [5.41, 5.74) is -0.262. The maximum atomic E-state index is 12.3. The molecule has 3 heterocycles. The summed E-state index contributed by atoms with van der Waals surface area (Å²) in [5, 5.41) is 11.3. The number of rotatable bonds is 3. The molecule has 3 rings (SSSR count). The number of aryl methyl sites for hydroxylation is 1. The molecule has 2 atom stereocenters. The monoisotopic (exact) mass is 321 g/mol. The molecule has 4 amide bonds. The van der Waals surface area contributed by atoms with Gasteiger partial charge in [-0.1, -0.05) is 5.16 Å². The van der Waals surface area contributed by atoms with Gasteiger partial charge in [0, 0.05) is 12.6 Å². The second-order valence-electron chi connectivity index (χ2n) is 6.06. The molecule has 1 aromatic heterocycles. The highest BCUT2D eigenvalue weighted by Crippen LogP contribution is 2.26. The molecule has 2 unspecified atom stereocenters. The second kappa shape index (κ2) is 5.65. The van der Waals surface area contributed by atoms with Gasteiger partial charge in [-0.15, -0.1) is 0 Å². The minimum atomic E-state index is -0.938. The molecule has 2 saturated heterocycles. The number of urea groups is 1. The van der Waals surface area contributed by atoms with Crippen LogP contribution in [0, 0.1) is 6.92 Å². The van der Waals surface area contributed by atoms with Crippen LogP contribution in [-0.4, -0.2) is 52.6 Å². The number of amides is 4. The smallest absolute Gasteiger partial charge is 0.322 e. The van der Waals surface area contributed by atoms with E-state index in [1.807, 2.05) is 4.90 Å². The molecule has 1 spiro atoms. The molecule has 0 aliphatic carbocycles. The van der Waals surface area contributed by atoms with Crippen molar-refractivity contribution in [3.05, 3.63) is 11.8 Å². The third kappa shape index (κ3) is 2.91. The lowest BCUT2D eigenvalue weighted by molar-refractivity contribution is -0.129. The Morgan fingerprint density at radius 1 is 1.52 bits per heavy atom. The lowest BCUT2D eigenvalue weighted by atomic mass is 9.88. The highest BCUT2D eigenvalue weighted by molar-refractivity contribution is 6.07. The molecule has 1 aromatic rings. The number of imide groups is 1. The average Bonchev–Trinajstić information content (AvgIpc) is 3.02. The maximum absolute atomic E-state index is 12.3. The number of carbonyl (C=O) groups is 3. The molecular weight excluding hydrogens is 302 g/mol. The Bertz CT molecular complexity index is 657. The van der Waals surface area contributed by atoms with Crippen LogP contribution in [0.2, 0.25) is 0 Å². The third-order valence-electron chi connectivity index (χ3n) is 4.34. The second-order valence-corrected chi connectivity index (χ2v) is 6.06. The first kappa shape index (κ1) is 15.5. The van der Waals surface area contributed by atoms with E-state index in [0.29, 0.717) is 31.6 Å². The van der Waals surface area contributed by atoms with Gasteiger partial charge in [-0.2, -0.15) is 0 Å². The summed E-state index contributed by atoms with van der Waals surface area (Å²) in [6.45, 7) is 4.49. The van der Waals surface area contributed by atoms with E-state index in [9.17, 15) is 14.4 Å². The number of nitrogens with zero attached hydrogens (tertiary/aromatic N) is 2. The minimum Gasteiger partial charge on any atom is -0.338 e. The van der Waals surface area contributed by atoms with E-state index in [0.717, 1.165) is 0 Å². The van der Waals surface area contributed by atoms with Crippen LogP contribution in [0.5, 0.6) is 0 Å². The van der Waals surface area contributed by atoms with E-state index in [-0.39, 0.29) is 17.7 Å². The molecule has 3 N–H and O–H groups in total. The molecule has 9 heteroatoms. The van der Waals surface area contributed by atoms with Gasteiger partial charge >= 0.3 is 6.03 Å².